The maximum Gasteiger partial charge on any atom is 0.294 e. The molecule has 3 N–H and O–H groups in total. The standard InChI is InChI=1S/C27H40O5S/c1-7-10-16-26(4,5)24(19-11-13-20(28)14-12-19)22-17-21(33(30,31)32)18-23(25(22)29)27(6,9-3)15-8-2/h11-14,17-18,24,28-29H,7-10,15-16H2,1-6H3,(H,30,31,32). The van der Waals surface area contributed by atoms with Gasteiger partial charge in [0.25, 0.3) is 10.1 Å². The number of rotatable bonds is 11. The number of hydrogen-bond acceptors (Lipinski definition) is 4. The summed E-state index contributed by atoms with van der Waals surface area (Å²) in [4.78, 5) is -0.198. The van der Waals surface area contributed by atoms with Gasteiger partial charge in [0.15, 0.2) is 0 Å². The minimum Gasteiger partial charge on any atom is -0.508 e. The fraction of sp³-hybridized carbons (Fsp3) is 0.556. The van der Waals surface area contributed by atoms with Crippen LogP contribution in [0.15, 0.2) is 41.3 Å². The normalized spacial score (nSPS) is 15.2. The number of phenols is 2. The Labute approximate surface area is 199 Å². The highest BCUT2D eigenvalue weighted by Crippen LogP contribution is 2.51. The fourth-order valence-corrected chi connectivity index (χ4v) is 5.55. The predicted molar refractivity (Wildman–Crippen MR) is 134 cm³/mol. The van der Waals surface area contributed by atoms with Crippen molar-refractivity contribution in [2.75, 3.05) is 0 Å². The van der Waals surface area contributed by atoms with E-state index in [9.17, 15) is 23.2 Å². The molecular formula is C27H40O5S. The van der Waals surface area contributed by atoms with Gasteiger partial charge in [0.2, 0.25) is 0 Å². The van der Waals surface area contributed by atoms with E-state index in [1.54, 1.807) is 12.1 Å². The average molecular weight is 477 g/mol. The second kappa shape index (κ2) is 10.5. The second-order valence-corrected chi connectivity index (χ2v) is 11.6. The minimum atomic E-state index is -4.48. The Morgan fingerprint density at radius 2 is 1.52 bits per heavy atom. The number of unbranched alkanes of at least 4 members (excludes halogenated alkanes) is 1. The first-order valence-corrected chi connectivity index (χ1v) is 13.4. The third-order valence-electron chi connectivity index (χ3n) is 7.14. The molecule has 0 amide bonds. The third-order valence-corrected chi connectivity index (χ3v) is 7.97. The SMILES string of the molecule is CCCCC(C)(C)C(c1ccc(O)cc1)c1cc(S(=O)(=O)O)cc(C(C)(CC)CCC)c1O. The molecule has 0 saturated carbocycles. The van der Waals surface area contributed by atoms with Gasteiger partial charge in [-0.1, -0.05) is 72.9 Å². The fourth-order valence-electron chi connectivity index (χ4n) is 5.01. The first kappa shape index (κ1) is 27.2. The summed E-state index contributed by atoms with van der Waals surface area (Å²) >= 11 is 0. The van der Waals surface area contributed by atoms with E-state index in [-0.39, 0.29) is 27.7 Å². The maximum atomic E-state index is 12.3. The van der Waals surface area contributed by atoms with Crippen molar-refractivity contribution in [3.63, 3.8) is 0 Å². The van der Waals surface area contributed by atoms with Crippen LogP contribution in [0.1, 0.15) is 103 Å². The van der Waals surface area contributed by atoms with Crippen LogP contribution in [0, 0.1) is 5.41 Å². The van der Waals surface area contributed by atoms with Crippen molar-refractivity contribution in [1.29, 1.82) is 0 Å². The van der Waals surface area contributed by atoms with Gasteiger partial charge in [0, 0.05) is 17.0 Å². The topological polar surface area (TPSA) is 94.8 Å². The van der Waals surface area contributed by atoms with Crippen LogP contribution in [-0.2, 0) is 15.5 Å². The van der Waals surface area contributed by atoms with Gasteiger partial charge in [0.05, 0.1) is 4.90 Å². The monoisotopic (exact) mass is 476 g/mol. The molecule has 2 unspecified atom stereocenters. The zero-order valence-electron chi connectivity index (χ0n) is 20.9. The summed E-state index contributed by atoms with van der Waals surface area (Å²) in [5.41, 5.74) is 1.14. The molecule has 2 aromatic rings. The Morgan fingerprint density at radius 1 is 0.909 bits per heavy atom. The van der Waals surface area contributed by atoms with Crippen molar-refractivity contribution in [3.8, 4) is 11.5 Å². The predicted octanol–water partition coefficient (Wildman–Crippen LogP) is 7.16. The maximum absolute atomic E-state index is 12.3. The molecule has 33 heavy (non-hydrogen) atoms. The van der Waals surface area contributed by atoms with Crippen molar-refractivity contribution < 1.29 is 23.2 Å². The Bertz CT molecular complexity index is 1040. The van der Waals surface area contributed by atoms with E-state index in [1.807, 2.05) is 26.0 Å². The molecule has 0 radical (unpaired) electrons. The van der Waals surface area contributed by atoms with Gasteiger partial charge in [-0.05, 0) is 59.9 Å². The van der Waals surface area contributed by atoms with Crippen LogP contribution >= 0.6 is 0 Å². The zero-order chi connectivity index (χ0) is 25.0. The van der Waals surface area contributed by atoms with Crippen LogP contribution in [0.2, 0.25) is 0 Å². The van der Waals surface area contributed by atoms with E-state index in [1.165, 1.54) is 12.1 Å². The molecule has 2 aromatic carbocycles. The number of hydrogen-bond donors (Lipinski definition) is 3. The lowest BCUT2D eigenvalue weighted by Crippen LogP contribution is -2.26. The number of phenolic OH excluding ortho intramolecular Hbond substituents is 2. The van der Waals surface area contributed by atoms with Crippen molar-refractivity contribution in [3.05, 3.63) is 53.1 Å². The summed E-state index contributed by atoms with van der Waals surface area (Å²) in [6.07, 6.45) is 5.22. The highest BCUT2D eigenvalue weighted by molar-refractivity contribution is 7.85. The summed E-state index contributed by atoms with van der Waals surface area (Å²) in [6.45, 7) is 12.5. The van der Waals surface area contributed by atoms with Crippen LogP contribution in [0.5, 0.6) is 11.5 Å². The Balaban J connectivity index is 2.92. The molecule has 0 bridgehead atoms. The Kier molecular flexibility index (Phi) is 8.63. The molecule has 184 valence electrons. The minimum absolute atomic E-state index is 0.0860. The smallest absolute Gasteiger partial charge is 0.294 e. The molecule has 6 heteroatoms. The van der Waals surface area contributed by atoms with Gasteiger partial charge >= 0.3 is 0 Å². The van der Waals surface area contributed by atoms with Crippen LogP contribution < -0.4 is 0 Å². The molecule has 0 saturated heterocycles. The average Bonchev–Trinajstić information content (AvgIpc) is 2.74. The molecule has 0 aliphatic rings. The molecular weight excluding hydrogens is 436 g/mol. The van der Waals surface area contributed by atoms with E-state index in [0.29, 0.717) is 17.5 Å². The second-order valence-electron chi connectivity index (χ2n) is 10.2. The van der Waals surface area contributed by atoms with Gasteiger partial charge in [-0.2, -0.15) is 8.42 Å². The summed E-state index contributed by atoms with van der Waals surface area (Å²) in [7, 11) is -4.48. The largest absolute Gasteiger partial charge is 0.508 e. The highest BCUT2D eigenvalue weighted by atomic mass is 32.2. The lowest BCUT2D eigenvalue weighted by Gasteiger charge is -2.38. The summed E-state index contributed by atoms with van der Waals surface area (Å²) in [6, 6.07) is 9.70. The van der Waals surface area contributed by atoms with Gasteiger partial charge < -0.3 is 10.2 Å². The van der Waals surface area contributed by atoms with Crippen LogP contribution in [0.25, 0.3) is 0 Å². The lowest BCUT2D eigenvalue weighted by molar-refractivity contribution is 0.275. The molecule has 2 rings (SSSR count). The zero-order valence-corrected chi connectivity index (χ0v) is 21.7. The van der Waals surface area contributed by atoms with Crippen LogP contribution in [-0.4, -0.2) is 23.2 Å². The molecule has 0 aromatic heterocycles. The molecule has 0 spiro atoms. The van der Waals surface area contributed by atoms with Gasteiger partial charge in [-0.3, -0.25) is 4.55 Å². The van der Waals surface area contributed by atoms with E-state index in [0.717, 1.165) is 37.7 Å². The van der Waals surface area contributed by atoms with Crippen molar-refractivity contribution in [1.82, 2.24) is 0 Å². The van der Waals surface area contributed by atoms with Crippen molar-refractivity contribution >= 4 is 10.1 Å². The first-order valence-electron chi connectivity index (χ1n) is 11.9. The van der Waals surface area contributed by atoms with Crippen molar-refractivity contribution in [2.24, 2.45) is 5.41 Å². The van der Waals surface area contributed by atoms with Gasteiger partial charge in [0.1, 0.15) is 11.5 Å². The summed E-state index contributed by atoms with van der Waals surface area (Å²) < 4.78 is 34.6. The summed E-state index contributed by atoms with van der Waals surface area (Å²) in [5.74, 6) is -0.113. The van der Waals surface area contributed by atoms with Gasteiger partial charge in [-0.15, -0.1) is 0 Å². The number of aromatic hydroxyl groups is 2. The Hall–Kier alpha value is -2.05. The van der Waals surface area contributed by atoms with Gasteiger partial charge in [-0.25, -0.2) is 0 Å². The number of benzene rings is 2. The van der Waals surface area contributed by atoms with E-state index in [4.69, 9.17) is 0 Å². The van der Waals surface area contributed by atoms with Crippen molar-refractivity contribution in [2.45, 2.75) is 96.3 Å². The van der Waals surface area contributed by atoms with E-state index < -0.39 is 15.5 Å². The third kappa shape index (κ3) is 6.10. The quantitative estimate of drug-likeness (QED) is 0.299. The van der Waals surface area contributed by atoms with Crippen LogP contribution in [0.4, 0.5) is 0 Å². The summed E-state index contributed by atoms with van der Waals surface area (Å²) in [5, 5.41) is 21.5. The van der Waals surface area contributed by atoms with Crippen LogP contribution in [0.3, 0.4) is 0 Å². The van der Waals surface area contributed by atoms with E-state index >= 15 is 0 Å². The Morgan fingerprint density at radius 3 is 2.00 bits per heavy atom. The molecule has 0 fully saturated rings. The molecule has 0 aliphatic carbocycles. The molecule has 5 nitrogen and oxygen atoms in total. The highest BCUT2D eigenvalue weighted by Gasteiger charge is 2.37. The van der Waals surface area contributed by atoms with E-state index in [2.05, 4.69) is 27.7 Å². The molecule has 2 atom stereocenters. The lowest BCUT2D eigenvalue weighted by atomic mass is 9.67. The molecule has 0 heterocycles. The first-order chi connectivity index (χ1) is 15.3. The molecule has 0 aliphatic heterocycles.